The fourth-order valence-electron chi connectivity index (χ4n) is 8.74. The molecule has 5 heteroatoms. The Morgan fingerprint density at radius 3 is 1.50 bits per heavy atom. The highest BCUT2D eigenvalue weighted by atomic mass is 32.1. The first-order valence-corrected chi connectivity index (χ1v) is 21.6. The van der Waals surface area contributed by atoms with Crippen LogP contribution in [0.5, 0.6) is 0 Å². The predicted molar refractivity (Wildman–Crippen MR) is 258 cm³/mol. The third kappa shape index (κ3) is 6.26. The molecule has 0 bridgehead atoms. The number of thiophene rings is 1. The maximum Gasteiger partial charge on any atom is 0.164 e. The number of hydrogen-bond donors (Lipinski definition) is 0. The molecule has 3 heterocycles. The van der Waals surface area contributed by atoms with Gasteiger partial charge in [0.2, 0.25) is 0 Å². The largest absolute Gasteiger partial charge is 0.455 e. The van der Waals surface area contributed by atoms with Crippen molar-refractivity contribution in [2.45, 2.75) is 0 Å². The Hall–Kier alpha value is -7.99. The number of fused-ring (bicyclic) bond motifs is 6. The summed E-state index contributed by atoms with van der Waals surface area (Å²) in [6, 6.07) is 74.4. The SMILES string of the molecule is c1ccc(-c2cccc(-c3nc(-c4ccc(-c5ccc(-c6cccc7c6sc6ccccc67)c6oc7ccccc7c56)cc4)nc(-c4cccc(-c5ccccc5)c4)n3)c2)cc1. The van der Waals surface area contributed by atoms with Crippen LogP contribution in [0.25, 0.3) is 121 Å². The van der Waals surface area contributed by atoms with E-state index in [4.69, 9.17) is 19.4 Å². The predicted octanol–water partition coefficient (Wildman–Crippen LogP) is 15.8. The van der Waals surface area contributed by atoms with Gasteiger partial charge in [-0.2, -0.15) is 0 Å². The lowest BCUT2D eigenvalue weighted by Crippen LogP contribution is -2.00. The summed E-state index contributed by atoms with van der Waals surface area (Å²) < 4.78 is 9.33. The van der Waals surface area contributed by atoms with Gasteiger partial charge in [-0.25, -0.2) is 15.0 Å². The van der Waals surface area contributed by atoms with Gasteiger partial charge in [-0.1, -0.05) is 182 Å². The molecule has 0 saturated heterocycles. The van der Waals surface area contributed by atoms with Gasteiger partial charge < -0.3 is 4.42 Å². The van der Waals surface area contributed by atoms with Crippen LogP contribution in [-0.4, -0.2) is 15.0 Å². The molecule has 0 fully saturated rings. The number of rotatable bonds is 7. The summed E-state index contributed by atoms with van der Waals surface area (Å²) in [7, 11) is 0. The summed E-state index contributed by atoms with van der Waals surface area (Å²) in [6.07, 6.45) is 0. The van der Waals surface area contributed by atoms with Crippen LogP contribution in [0.2, 0.25) is 0 Å². The molecule has 4 nitrogen and oxygen atoms in total. The van der Waals surface area contributed by atoms with Crippen molar-refractivity contribution in [3.8, 4) is 78.7 Å². The van der Waals surface area contributed by atoms with Crippen molar-refractivity contribution in [1.29, 1.82) is 0 Å². The van der Waals surface area contributed by atoms with Gasteiger partial charge in [0.1, 0.15) is 11.2 Å². The molecule has 0 radical (unpaired) electrons. The zero-order valence-electron chi connectivity index (χ0n) is 33.4. The summed E-state index contributed by atoms with van der Waals surface area (Å²) in [4.78, 5) is 15.4. The van der Waals surface area contributed by atoms with Gasteiger partial charge in [0.25, 0.3) is 0 Å². The molecule has 0 aliphatic rings. The maximum absolute atomic E-state index is 6.78. The van der Waals surface area contributed by atoms with Crippen LogP contribution in [0.1, 0.15) is 0 Å². The molecule has 0 unspecified atom stereocenters. The first-order chi connectivity index (χ1) is 30.7. The second-order valence-corrected chi connectivity index (χ2v) is 16.6. The van der Waals surface area contributed by atoms with Crippen molar-refractivity contribution in [3.63, 3.8) is 0 Å². The van der Waals surface area contributed by atoms with Crippen molar-refractivity contribution in [3.05, 3.63) is 212 Å². The Bertz CT molecular complexity index is 3530. The molecule has 9 aromatic carbocycles. The topological polar surface area (TPSA) is 51.8 Å². The lowest BCUT2D eigenvalue weighted by molar-refractivity contribution is 0.670. The van der Waals surface area contributed by atoms with E-state index in [0.717, 1.165) is 77.6 Å². The molecule has 0 saturated carbocycles. The Balaban J connectivity index is 0.985. The summed E-state index contributed by atoms with van der Waals surface area (Å²) in [5.41, 5.74) is 13.4. The van der Waals surface area contributed by atoms with Crippen molar-refractivity contribution in [1.82, 2.24) is 15.0 Å². The van der Waals surface area contributed by atoms with Crippen molar-refractivity contribution in [2.75, 3.05) is 0 Å². The van der Waals surface area contributed by atoms with Crippen LogP contribution in [0, 0.1) is 0 Å². The highest BCUT2D eigenvalue weighted by Gasteiger charge is 2.20. The highest BCUT2D eigenvalue weighted by Crippen LogP contribution is 2.46. The highest BCUT2D eigenvalue weighted by molar-refractivity contribution is 7.26. The number of aromatic nitrogens is 3. The molecule has 12 rings (SSSR count). The molecular weight excluding hydrogens is 775 g/mol. The minimum absolute atomic E-state index is 0.609. The van der Waals surface area contributed by atoms with E-state index < -0.39 is 0 Å². The van der Waals surface area contributed by atoms with Crippen molar-refractivity contribution >= 4 is 53.4 Å². The number of para-hydroxylation sites is 1. The van der Waals surface area contributed by atoms with Crippen LogP contribution in [0.15, 0.2) is 217 Å². The summed E-state index contributed by atoms with van der Waals surface area (Å²) in [6.45, 7) is 0. The van der Waals surface area contributed by atoms with E-state index in [1.165, 1.54) is 25.7 Å². The van der Waals surface area contributed by atoms with Crippen LogP contribution in [0.3, 0.4) is 0 Å². The molecule has 3 aromatic heterocycles. The Labute approximate surface area is 362 Å². The molecule has 0 aliphatic carbocycles. The molecule has 12 aromatic rings. The average molecular weight is 810 g/mol. The van der Waals surface area contributed by atoms with Crippen LogP contribution in [-0.2, 0) is 0 Å². The fraction of sp³-hybridized carbons (Fsp3) is 0. The van der Waals surface area contributed by atoms with E-state index in [-0.39, 0.29) is 0 Å². The Kier molecular flexibility index (Phi) is 8.65. The smallest absolute Gasteiger partial charge is 0.164 e. The summed E-state index contributed by atoms with van der Waals surface area (Å²) >= 11 is 1.84. The number of hydrogen-bond acceptors (Lipinski definition) is 5. The second-order valence-electron chi connectivity index (χ2n) is 15.5. The maximum atomic E-state index is 6.78. The first kappa shape index (κ1) is 35.9. The van der Waals surface area contributed by atoms with Crippen molar-refractivity contribution < 1.29 is 4.42 Å². The van der Waals surface area contributed by atoms with Crippen LogP contribution < -0.4 is 0 Å². The van der Waals surface area contributed by atoms with Crippen LogP contribution >= 0.6 is 11.3 Å². The molecular formula is C57H35N3OS. The van der Waals surface area contributed by atoms with E-state index >= 15 is 0 Å². The molecule has 0 spiro atoms. The van der Waals surface area contributed by atoms with Crippen molar-refractivity contribution in [2.24, 2.45) is 0 Å². The molecule has 0 N–H and O–H groups in total. The third-order valence-electron chi connectivity index (χ3n) is 11.8. The lowest BCUT2D eigenvalue weighted by Gasteiger charge is -2.12. The minimum Gasteiger partial charge on any atom is -0.455 e. The number of furan rings is 1. The normalized spacial score (nSPS) is 11.5. The summed E-state index contributed by atoms with van der Waals surface area (Å²) in [5.74, 6) is 1.85. The van der Waals surface area contributed by atoms with E-state index in [0.29, 0.717) is 17.5 Å². The van der Waals surface area contributed by atoms with Gasteiger partial charge in [-0.05, 0) is 63.7 Å². The second kappa shape index (κ2) is 14.9. The van der Waals surface area contributed by atoms with Gasteiger partial charge in [-0.15, -0.1) is 11.3 Å². The molecule has 0 atom stereocenters. The van der Waals surface area contributed by atoms with E-state index in [9.17, 15) is 0 Å². The monoisotopic (exact) mass is 809 g/mol. The quantitative estimate of drug-likeness (QED) is 0.161. The molecule has 290 valence electrons. The van der Waals surface area contributed by atoms with Gasteiger partial charge in [0, 0.05) is 58.8 Å². The van der Waals surface area contributed by atoms with E-state index in [1.807, 2.05) is 29.5 Å². The average Bonchev–Trinajstić information content (AvgIpc) is 3.94. The van der Waals surface area contributed by atoms with E-state index in [1.54, 1.807) is 0 Å². The standard InChI is InChI=1S/C57H35N3OS/c1-3-14-36(15-4-1)40-18-11-20-42(34-40)56-58-55(59-57(60-56)43-21-12-19-41(35-43)37-16-5-2-6-17-37)39-30-28-38(29-31-39)44-32-33-46(53-52(44)49-23-7-9-26-50(49)61-53)48-25-13-24-47-45-22-8-10-27-51(45)62-54(47)48/h1-35H. The molecule has 62 heavy (non-hydrogen) atoms. The van der Waals surface area contributed by atoms with Gasteiger partial charge >= 0.3 is 0 Å². The third-order valence-corrected chi connectivity index (χ3v) is 13.0. The zero-order chi connectivity index (χ0) is 41.0. The Morgan fingerprint density at radius 1 is 0.323 bits per heavy atom. The summed E-state index contributed by atoms with van der Waals surface area (Å²) in [5, 5.41) is 4.75. The molecule has 0 aliphatic heterocycles. The molecule has 0 amide bonds. The first-order valence-electron chi connectivity index (χ1n) is 20.8. The number of benzene rings is 9. The van der Waals surface area contributed by atoms with E-state index in [2.05, 4.69) is 194 Å². The van der Waals surface area contributed by atoms with Gasteiger partial charge in [0.15, 0.2) is 17.5 Å². The van der Waals surface area contributed by atoms with Crippen LogP contribution in [0.4, 0.5) is 0 Å². The minimum atomic E-state index is 0.609. The lowest BCUT2D eigenvalue weighted by atomic mass is 9.93. The van der Waals surface area contributed by atoms with Gasteiger partial charge in [0.05, 0.1) is 0 Å². The zero-order valence-corrected chi connectivity index (χ0v) is 34.2. The Morgan fingerprint density at radius 2 is 0.823 bits per heavy atom. The van der Waals surface area contributed by atoms with Gasteiger partial charge in [-0.3, -0.25) is 0 Å². The number of nitrogens with zero attached hydrogens (tertiary/aromatic N) is 3. The fourth-order valence-corrected chi connectivity index (χ4v) is 9.97.